The number of ketones is 1. The van der Waals surface area contributed by atoms with Crippen molar-refractivity contribution < 1.29 is 14.3 Å². The van der Waals surface area contributed by atoms with Crippen molar-refractivity contribution in [3.63, 3.8) is 0 Å². The molecule has 5 heteroatoms. The van der Waals surface area contributed by atoms with E-state index in [0.717, 1.165) is 29.7 Å². The number of halogens is 1. The number of esters is 1. The van der Waals surface area contributed by atoms with E-state index >= 15 is 0 Å². The second-order valence-electron chi connectivity index (χ2n) is 7.46. The average Bonchev–Trinajstić information content (AvgIpc) is 2.72. The van der Waals surface area contributed by atoms with Crippen molar-refractivity contribution in [1.29, 1.82) is 0 Å². The third-order valence-electron chi connectivity index (χ3n) is 5.55. The van der Waals surface area contributed by atoms with Gasteiger partial charge in [-0.05, 0) is 37.0 Å². The molecule has 1 aliphatic carbocycles. The highest BCUT2D eigenvalue weighted by atomic mass is 35.5. The van der Waals surface area contributed by atoms with Crippen LogP contribution >= 0.6 is 11.6 Å². The Kier molecular flexibility index (Phi) is 5.63. The molecule has 0 saturated carbocycles. The fourth-order valence-corrected chi connectivity index (χ4v) is 4.45. The Hall–Kier alpha value is -2.72. The summed E-state index contributed by atoms with van der Waals surface area (Å²) >= 11 is 6.50. The molecule has 0 radical (unpaired) electrons. The minimum Gasteiger partial charge on any atom is -0.460 e. The van der Waals surface area contributed by atoms with Gasteiger partial charge in [0.15, 0.2) is 5.78 Å². The van der Waals surface area contributed by atoms with Gasteiger partial charge in [-0.3, -0.25) is 14.6 Å². The maximum Gasteiger partial charge on any atom is 0.315 e. The number of hydrogen-bond donors (Lipinski definition) is 0. The minimum atomic E-state index is -0.667. The van der Waals surface area contributed by atoms with Gasteiger partial charge in [-0.15, -0.1) is 0 Å². The van der Waals surface area contributed by atoms with Gasteiger partial charge < -0.3 is 4.74 Å². The topological polar surface area (TPSA) is 55.7 Å². The normalized spacial score (nSPS) is 21.4. The van der Waals surface area contributed by atoms with Crippen molar-refractivity contribution in [3.05, 3.63) is 82.0 Å². The van der Waals surface area contributed by atoms with Crippen LogP contribution < -0.4 is 0 Å². The van der Waals surface area contributed by atoms with E-state index in [1.54, 1.807) is 6.07 Å². The number of Topliss-reactive ketones (excluding diaryl/α,β-unsaturated/α-hetero) is 1. The van der Waals surface area contributed by atoms with Crippen LogP contribution in [0.3, 0.4) is 0 Å². The molecule has 4 rings (SSSR count). The molecular formula is C24H22ClNO3. The van der Waals surface area contributed by atoms with Gasteiger partial charge in [0.1, 0.15) is 12.5 Å². The predicted molar refractivity (Wildman–Crippen MR) is 113 cm³/mol. The maximum absolute atomic E-state index is 13.2. The molecule has 0 saturated heterocycles. The molecule has 148 valence electrons. The van der Waals surface area contributed by atoms with Crippen molar-refractivity contribution >= 4 is 29.1 Å². The molecule has 1 heterocycles. The molecule has 29 heavy (non-hydrogen) atoms. The SMILES string of the molecule is CC1=NC2=C(C(=O)CCC2)[C@@H](c2ccccc2Cl)C1C(=O)OCc1ccccc1. The summed E-state index contributed by atoms with van der Waals surface area (Å²) in [4.78, 5) is 30.7. The quantitative estimate of drug-likeness (QED) is 0.649. The number of rotatable bonds is 4. The van der Waals surface area contributed by atoms with E-state index in [1.165, 1.54) is 0 Å². The van der Waals surface area contributed by atoms with Gasteiger partial charge in [0.05, 0.1) is 0 Å². The number of allylic oxidation sites excluding steroid dienone is 2. The molecule has 0 aromatic heterocycles. The third kappa shape index (κ3) is 3.90. The lowest BCUT2D eigenvalue weighted by Crippen LogP contribution is -2.37. The second-order valence-corrected chi connectivity index (χ2v) is 7.87. The molecule has 0 amide bonds. The largest absolute Gasteiger partial charge is 0.460 e. The molecule has 0 N–H and O–H groups in total. The van der Waals surface area contributed by atoms with E-state index in [1.807, 2.05) is 55.5 Å². The fourth-order valence-electron chi connectivity index (χ4n) is 4.19. The van der Waals surface area contributed by atoms with Crippen LogP contribution in [0.15, 0.2) is 70.9 Å². The van der Waals surface area contributed by atoms with Gasteiger partial charge in [-0.25, -0.2) is 0 Å². The molecule has 2 atom stereocenters. The smallest absolute Gasteiger partial charge is 0.315 e. The van der Waals surface area contributed by atoms with Gasteiger partial charge in [0.2, 0.25) is 0 Å². The molecule has 2 aromatic rings. The zero-order chi connectivity index (χ0) is 20.4. The summed E-state index contributed by atoms with van der Waals surface area (Å²) < 4.78 is 5.65. The summed E-state index contributed by atoms with van der Waals surface area (Å²) in [6.45, 7) is 2.01. The van der Waals surface area contributed by atoms with Crippen LogP contribution in [0.5, 0.6) is 0 Å². The van der Waals surface area contributed by atoms with E-state index in [0.29, 0.717) is 22.7 Å². The molecule has 4 nitrogen and oxygen atoms in total. The summed E-state index contributed by atoms with van der Waals surface area (Å²) in [5.74, 6) is -1.47. The van der Waals surface area contributed by atoms with Crippen LogP contribution in [0.1, 0.15) is 43.2 Å². The van der Waals surface area contributed by atoms with Crippen molar-refractivity contribution in [3.8, 4) is 0 Å². The first kappa shape index (κ1) is 19.6. The molecule has 0 fully saturated rings. The van der Waals surface area contributed by atoms with Crippen LogP contribution in [0, 0.1) is 5.92 Å². The number of ether oxygens (including phenoxy) is 1. The van der Waals surface area contributed by atoms with Gasteiger partial charge >= 0.3 is 5.97 Å². The number of nitrogens with zero attached hydrogens (tertiary/aromatic N) is 1. The first-order valence-corrected chi connectivity index (χ1v) is 10.2. The Balaban J connectivity index is 1.72. The number of hydrogen-bond acceptors (Lipinski definition) is 4. The van der Waals surface area contributed by atoms with Gasteiger partial charge in [-0.1, -0.05) is 60.1 Å². The highest BCUT2D eigenvalue weighted by Gasteiger charge is 2.43. The summed E-state index contributed by atoms with van der Waals surface area (Å²) in [5.41, 5.74) is 3.76. The highest BCUT2D eigenvalue weighted by Crippen LogP contribution is 2.45. The van der Waals surface area contributed by atoms with Crippen LogP contribution in [-0.2, 0) is 20.9 Å². The highest BCUT2D eigenvalue weighted by molar-refractivity contribution is 6.31. The molecule has 1 unspecified atom stereocenters. The summed E-state index contributed by atoms with van der Waals surface area (Å²) in [7, 11) is 0. The third-order valence-corrected chi connectivity index (χ3v) is 5.90. The second kappa shape index (κ2) is 8.34. The van der Waals surface area contributed by atoms with Gasteiger partial charge in [0.25, 0.3) is 0 Å². The van der Waals surface area contributed by atoms with Crippen LogP contribution in [0.25, 0.3) is 0 Å². The molecular weight excluding hydrogens is 386 g/mol. The molecule has 0 spiro atoms. The number of carbonyl (C=O) groups is 2. The molecule has 2 aliphatic rings. The standard InChI is InChI=1S/C24H22ClNO3/c1-15-21(24(28)29-14-16-8-3-2-4-9-16)22(17-10-5-6-11-18(17)25)23-19(26-15)12-7-13-20(23)27/h2-6,8-11,21-22H,7,12-14H2,1H3/t21?,22-/m0/s1. The fraction of sp³-hybridized carbons (Fsp3) is 0.292. The Morgan fingerprint density at radius 1 is 1.10 bits per heavy atom. The van der Waals surface area contributed by atoms with E-state index in [-0.39, 0.29) is 18.4 Å². The molecule has 0 bridgehead atoms. The van der Waals surface area contributed by atoms with Crippen LogP contribution in [0.4, 0.5) is 0 Å². The summed E-state index contributed by atoms with van der Waals surface area (Å²) in [6.07, 6.45) is 2.00. The minimum absolute atomic E-state index is 0.0493. The first-order chi connectivity index (χ1) is 14.1. The van der Waals surface area contributed by atoms with Gasteiger partial charge in [0, 0.05) is 34.3 Å². The maximum atomic E-state index is 13.2. The average molecular weight is 408 g/mol. The van der Waals surface area contributed by atoms with E-state index in [2.05, 4.69) is 4.99 Å². The monoisotopic (exact) mass is 407 g/mol. The van der Waals surface area contributed by atoms with Crippen molar-refractivity contribution in [2.75, 3.05) is 0 Å². The Morgan fingerprint density at radius 2 is 1.83 bits per heavy atom. The summed E-state index contributed by atoms with van der Waals surface area (Å²) in [6, 6.07) is 16.9. The lowest BCUT2D eigenvalue weighted by atomic mass is 9.72. The Labute approximate surface area is 175 Å². The van der Waals surface area contributed by atoms with Crippen molar-refractivity contribution in [2.45, 2.75) is 38.7 Å². The Morgan fingerprint density at radius 3 is 2.59 bits per heavy atom. The molecule has 2 aromatic carbocycles. The van der Waals surface area contributed by atoms with Crippen LogP contribution in [-0.4, -0.2) is 17.5 Å². The number of carbonyl (C=O) groups excluding carboxylic acids is 2. The lowest BCUT2D eigenvalue weighted by Gasteiger charge is -2.34. The molecule has 1 aliphatic heterocycles. The lowest BCUT2D eigenvalue weighted by molar-refractivity contribution is -0.148. The zero-order valence-corrected chi connectivity index (χ0v) is 17.0. The van der Waals surface area contributed by atoms with E-state index in [4.69, 9.17) is 16.3 Å². The summed E-state index contributed by atoms with van der Waals surface area (Å²) in [5, 5.41) is 0.540. The van der Waals surface area contributed by atoms with E-state index < -0.39 is 11.8 Å². The van der Waals surface area contributed by atoms with Crippen molar-refractivity contribution in [1.82, 2.24) is 0 Å². The zero-order valence-electron chi connectivity index (χ0n) is 16.2. The number of benzene rings is 2. The van der Waals surface area contributed by atoms with Crippen LogP contribution in [0.2, 0.25) is 5.02 Å². The van der Waals surface area contributed by atoms with Crippen molar-refractivity contribution in [2.24, 2.45) is 10.9 Å². The first-order valence-electron chi connectivity index (χ1n) is 9.82. The van der Waals surface area contributed by atoms with E-state index in [9.17, 15) is 9.59 Å². The van der Waals surface area contributed by atoms with Gasteiger partial charge in [-0.2, -0.15) is 0 Å². The number of aliphatic imine (C=N–C) groups is 1. The predicted octanol–water partition coefficient (Wildman–Crippen LogP) is 5.26. The Bertz CT molecular complexity index is 1010.